The maximum absolute atomic E-state index is 3.67. The maximum Gasteiger partial charge on any atom is 0.0388 e. The molecule has 0 spiro atoms. The molecule has 0 aliphatic heterocycles. The lowest BCUT2D eigenvalue weighted by Gasteiger charge is -2.23. The molecule has 0 heterocycles. The van der Waals surface area contributed by atoms with Crippen molar-refractivity contribution in [2.45, 2.75) is 53.1 Å². The molecule has 0 bridgehead atoms. The Hall–Kier alpha value is -1.02. The summed E-state index contributed by atoms with van der Waals surface area (Å²) in [6.07, 6.45) is 2.35. The summed E-state index contributed by atoms with van der Waals surface area (Å²) in [5, 5.41) is 3.67. The van der Waals surface area contributed by atoms with Crippen molar-refractivity contribution in [3.8, 4) is 0 Å². The van der Waals surface area contributed by atoms with Gasteiger partial charge in [0.1, 0.15) is 0 Å². The first-order chi connectivity index (χ1) is 8.74. The number of benzene rings is 1. The summed E-state index contributed by atoms with van der Waals surface area (Å²) < 4.78 is 0. The third-order valence-corrected chi connectivity index (χ3v) is 3.65. The summed E-state index contributed by atoms with van der Waals surface area (Å²) in [6.45, 7) is 12.2. The van der Waals surface area contributed by atoms with E-state index in [1.807, 2.05) is 0 Å². The van der Waals surface area contributed by atoms with Crippen LogP contribution in [0.2, 0.25) is 0 Å². The fourth-order valence-electron chi connectivity index (χ4n) is 2.20. The van der Waals surface area contributed by atoms with Gasteiger partial charge < -0.3 is 5.32 Å². The minimum Gasteiger partial charge on any atom is -0.382 e. The van der Waals surface area contributed by atoms with Gasteiger partial charge in [0.05, 0.1) is 0 Å². The molecule has 1 aromatic rings. The zero-order valence-corrected chi connectivity index (χ0v) is 12.4. The highest BCUT2D eigenvalue weighted by atomic mass is 15.1. The molecule has 0 aromatic heterocycles. The summed E-state index contributed by atoms with van der Waals surface area (Å²) in [6, 6.07) is 9.29. The number of anilines is 1. The van der Waals surface area contributed by atoms with Crippen LogP contribution >= 0.6 is 0 Å². The second kappa shape index (κ2) is 8.15. The fraction of sp³-hybridized carbons (Fsp3) is 0.625. The monoisotopic (exact) mass is 248 g/mol. The average molecular weight is 248 g/mol. The minimum atomic E-state index is 0.586. The zero-order valence-electron chi connectivity index (χ0n) is 12.4. The first kappa shape index (κ1) is 15.0. The molecular formula is C16H28N2. The largest absolute Gasteiger partial charge is 0.382 e. The molecule has 18 heavy (non-hydrogen) atoms. The first-order valence-corrected chi connectivity index (χ1v) is 7.31. The third-order valence-electron chi connectivity index (χ3n) is 3.65. The molecule has 1 aromatic carbocycles. The second-order valence-electron chi connectivity index (χ2n) is 4.78. The zero-order chi connectivity index (χ0) is 13.4. The number of nitrogens with one attached hydrogen (secondary N) is 1. The van der Waals surface area contributed by atoms with Crippen LogP contribution < -0.4 is 5.32 Å². The van der Waals surface area contributed by atoms with Crippen LogP contribution in [0.5, 0.6) is 0 Å². The Morgan fingerprint density at radius 1 is 1.00 bits per heavy atom. The van der Waals surface area contributed by atoms with Crippen LogP contribution in [0.4, 0.5) is 5.69 Å². The van der Waals surface area contributed by atoms with Crippen molar-refractivity contribution in [1.82, 2.24) is 4.90 Å². The second-order valence-corrected chi connectivity index (χ2v) is 4.78. The minimum absolute atomic E-state index is 0.586. The van der Waals surface area contributed by atoms with Crippen molar-refractivity contribution in [1.29, 1.82) is 0 Å². The Labute approximate surface area is 112 Å². The Bertz CT molecular complexity index is 295. The van der Waals surface area contributed by atoms with E-state index in [-0.39, 0.29) is 0 Å². The number of rotatable bonds is 8. The highest BCUT2D eigenvalue weighted by Gasteiger charge is 2.09. The Morgan fingerprint density at radius 3 is 2.17 bits per heavy atom. The summed E-state index contributed by atoms with van der Waals surface area (Å²) in [5.41, 5.74) is 2.71. The van der Waals surface area contributed by atoms with Gasteiger partial charge in [-0.05, 0) is 37.6 Å². The molecule has 0 amide bonds. The van der Waals surface area contributed by atoms with Crippen molar-refractivity contribution in [3.05, 3.63) is 29.8 Å². The van der Waals surface area contributed by atoms with Crippen LogP contribution in [0.25, 0.3) is 0 Å². The van der Waals surface area contributed by atoms with Crippen molar-refractivity contribution >= 4 is 5.69 Å². The van der Waals surface area contributed by atoms with Gasteiger partial charge in [0, 0.05) is 18.3 Å². The molecule has 102 valence electrons. The molecule has 1 rings (SSSR count). The lowest BCUT2D eigenvalue weighted by molar-refractivity contribution is 0.296. The molecule has 2 heteroatoms. The molecule has 0 unspecified atom stereocenters. The van der Waals surface area contributed by atoms with Gasteiger partial charge in [-0.3, -0.25) is 4.90 Å². The van der Waals surface area contributed by atoms with E-state index in [1.54, 1.807) is 0 Å². The predicted molar refractivity (Wildman–Crippen MR) is 81.1 cm³/mol. The third kappa shape index (κ3) is 4.34. The number of nitrogens with zero attached hydrogens (tertiary/aromatic N) is 1. The van der Waals surface area contributed by atoms with Gasteiger partial charge in [-0.15, -0.1) is 0 Å². The number of hydrogen-bond donors (Lipinski definition) is 1. The molecule has 0 atom stereocenters. The van der Waals surface area contributed by atoms with Gasteiger partial charge in [0.15, 0.2) is 0 Å². The van der Waals surface area contributed by atoms with Gasteiger partial charge in [0.2, 0.25) is 0 Å². The summed E-state index contributed by atoms with van der Waals surface area (Å²) in [4.78, 5) is 2.45. The first-order valence-electron chi connectivity index (χ1n) is 7.31. The van der Waals surface area contributed by atoms with Crippen LogP contribution in [0, 0.1) is 0 Å². The quantitative estimate of drug-likeness (QED) is 0.744. The molecule has 1 N–H and O–H groups in total. The Morgan fingerprint density at radius 2 is 1.61 bits per heavy atom. The summed E-state index contributed by atoms with van der Waals surface area (Å²) in [5.74, 6) is 0. The van der Waals surface area contributed by atoms with E-state index in [2.05, 4.69) is 62.2 Å². The van der Waals surface area contributed by atoms with E-state index in [0.717, 1.165) is 19.6 Å². The topological polar surface area (TPSA) is 15.3 Å². The number of hydrogen-bond acceptors (Lipinski definition) is 2. The number of para-hydroxylation sites is 1. The van der Waals surface area contributed by atoms with Crippen molar-refractivity contribution < 1.29 is 0 Å². The van der Waals surface area contributed by atoms with Crippen LogP contribution in [0.1, 0.15) is 46.1 Å². The smallest absolute Gasteiger partial charge is 0.0388 e. The van der Waals surface area contributed by atoms with Gasteiger partial charge in [-0.1, -0.05) is 45.9 Å². The van der Waals surface area contributed by atoms with Gasteiger partial charge in [0.25, 0.3) is 0 Å². The average Bonchev–Trinajstić information content (AvgIpc) is 2.43. The lowest BCUT2D eigenvalue weighted by atomic mass is 10.1. The highest BCUT2D eigenvalue weighted by molar-refractivity contribution is 5.51. The molecule has 0 aliphatic carbocycles. The Balaban J connectivity index is 2.78. The molecule has 0 fully saturated rings. The van der Waals surface area contributed by atoms with Crippen LogP contribution in [0.15, 0.2) is 24.3 Å². The lowest BCUT2D eigenvalue weighted by Crippen LogP contribution is -2.24. The van der Waals surface area contributed by atoms with E-state index in [0.29, 0.717) is 6.04 Å². The van der Waals surface area contributed by atoms with Crippen LogP contribution in [-0.4, -0.2) is 24.0 Å². The fourth-order valence-corrected chi connectivity index (χ4v) is 2.20. The normalized spacial score (nSPS) is 11.2. The molecule has 0 aliphatic rings. The SMILES string of the molecule is CCC(CC)Nc1ccccc1CN(CC)CC. The van der Waals surface area contributed by atoms with Gasteiger partial charge in [-0.25, -0.2) is 0 Å². The molecular weight excluding hydrogens is 220 g/mol. The Kier molecular flexibility index (Phi) is 6.81. The maximum atomic E-state index is 3.67. The molecule has 2 nitrogen and oxygen atoms in total. The van der Waals surface area contributed by atoms with Gasteiger partial charge >= 0.3 is 0 Å². The van der Waals surface area contributed by atoms with Crippen LogP contribution in [0.3, 0.4) is 0 Å². The highest BCUT2D eigenvalue weighted by Crippen LogP contribution is 2.19. The van der Waals surface area contributed by atoms with Gasteiger partial charge in [-0.2, -0.15) is 0 Å². The summed E-state index contributed by atoms with van der Waals surface area (Å²) in [7, 11) is 0. The summed E-state index contributed by atoms with van der Waals surface area (Å²) >= 11 is 0. The van der Waals surface area contributed by atoms with E-state index < -0.39 is 0 Å². The predicted octanol–water partition coefficient (Wildman–Crippen LogP) is 4.13. The van der Waals surface area contributed by atoms with Crippen LogP contribution in [-0.2, 0) is 6.54 Å². The molecule has 0 saturated heterocycles. The van der Waals surface area contributed by atoms with E-state index >= 15 is 0 Å². The van der Waals surface area contributed by atoms with Crippen molar-refractivity contribution in [3.63, 3.8) is 0 Å². The molecule has 0 saturated carbocycles. The molecule has 0 radical (unpaired) electrons. The van der Waals surface area contributed by atoms with Crippen molar-refractivity contribution in [2.75, 3.05) is 18.4 Å². The van der Waals surface area contributed by atoms with E-state index in [9.17, 15) is 0 Å². The standard InChI is InChI=1S/C16H28N2/c1-5-15(6-2)17-16-12-10-9-11-14(16)13-18(7-3)8-4/h9-12,15,17H,5-8,13H2,1-4H3. The van der Waals surface area contributed by atoms with Crippen molar-refractivity contribution in [2.24, 2.45) is 0 Å². The van der Waals surface area contributed by atoms with E-state index in [4.69, 9.17) is 0 Å². The van der Waals surface area contributed by atoms with E-state index in [1.165, 1.54) is 24.1 Å².